The molecule has 4 heterocycles. The monoisotopic (exact) mass is 476 g/mol. The summed E-state index contributed by atoms with van der Waals surface area (Å²) in [6, 6.07) is 8.29. The van der Waals surface area contributed by atoms with Crippen LogP contribution < -0.4 is 29.3 Å². The zero-order valence-corrected chi connectivity index (χ0v) is 20.5. The molecule has 0 amide bonds. The van der Waals surface area contributed by atoms with Gasteiger partial charge in [-0.05, 0) is 50.6 Å². The van der Waals surface area contributed by atoms with Crippen LogP contribution in [0.5, 0.6) is 17.4 Å². The van der Waals surface area contributed by atoms with Gasteiger partial charge >= 0.3 is 0 Å². The summed E-state index contributed by atoms with van der Waals surface area (Å²) >= 11 is 0. The Morgan fingerprint density at radius 3 is 2.57 bits per heavy atom. The van der Waals surface area contributed by atoms with E-state index in [4.69, 9.17) is 14.2 Å². The Kier molecular flexibility index (Phi) is 6.76. The minimum atomic E-state index is 0.383. The van der Waals surface area contributed by atoms with E-state index < -0.39 is 0 Å². The number of aryl methyl sites for hydroxylation is 1. The molecule has 9 heteroatoms. The highest BCUT2D eigenvalue weighted by atomic mass is 16.5. The number of ether oxygens (including phenoxy) is 3. The van der Waals surface area contributed by atoms with Gasteiger partial charge in [-0.25, -0.2) is 4.98 Å². The minimum Gasteiger partial charge on any atom is -0.493 e. The average molecular weight is 477 g/mol. The predicted octanol–water partition coefficient (Wildman–Crippen LogP) is 3.86. The molecule has 2 aromatic heterocycles. The lowest BCUT2D eigenvalue weighted by molar-refractivity contribution is 0.283. The first kappa shape index (κ1) is 23.0. The molecule has 184 valence electrons. The third-order valence-electron chi connectivity index (χ3n) is 6.53. The molecule has 1 aromatic carbocycles. The van der Waals surface area contributed by atoms with Crippen LogP contribution in [0.4, 0.5) is 11.4 Å². The third kappa shape index (κ3) is 5.05. The summed E-state index contributed by atoms with van der Waals surface area (Å²) in [4.78, 5) is 8.66. The van der Waals surface area contributed by atoms with Gasteiger partial charge in [0.15, 0.2) is 11.5 Å². The number of hydrogen-bond donors (Lipinski definition) is 1. The molecule has 0 saturated carbocycles. The number of nitrogens with zero attached hydrogens (tertiary/aromatic N) is 5. The van der Waals surface area contributed by atoms with Crippen molar-refractivity contribution in [1.29, 1.82) is 0 Å². The number of anilines is 2. The first-order valence-electron chi connectivity index (χ1n) is 11.9. The molecular weight excluding hydrogens is 444 g/mol. The maximum absolute atomic E-state index is 6.14. The number of aromatic nitrogens is 3. The van der Waals surface area contributed by atoms with Gasteiger partial charge in [0, 0.05) is 48.2 Å². The number of benzene rings is 1. The van der Waals surface area contributed by atoms with Crippen LogP contribution in [0.25, 0.3) is 0 Å². The van der Waals surface area contributed by atoms with Crippen molar-refractivity contribution in [3.05, 3.63) is 66.4 Å². The second-order valence-corrected chi connectivity index (χ2v) is 8.83. The molecule has 5 rings (SSSR count). The smallest absolute Gasteiger partial charge is 0.212 e. The van der Waals surface area contributed by atoms with Crippen LogP contribution in [0.2, 0.25) is 0 Å². The lowest BCUT2D eigenvalue weighted by Gasteiger charge is -2.24. The van der Waals surface area contributed by atoms with Crippen molar-refractivity contribution in [1.82, 2.24) is 20.1 Å². The Morgan fingerprint density at radius 2 is 1.83 bits per heavy atom. The number of rotatable bonds is 8. The van der Waals surface area contributed by atoms with Gasteiger partial charge in [0.05, 0.1) is 38.8 Å². The first-order valence-corrected chi connectivity index (χ1v) is 11.9. The molecule has 9 nitrogen and oxygen atoms in total. The SMILES string of the molecule is COc1ccc(COc2cc(N3C=CN(c4cnn(C5CCNCC5)c4)C3)c(C)cc2OC)cn1. The largest absolute Gasteiger partial charge is 0.493 e. The Morgan fingerprint density at radius 1 is 1.00 bits per heavy atom. The fourth-order valence-electron chi connectivity index (χ4n) is 4.50. The minimum absolute atomic E-state index is 0.383. The quantitative estimate of drug-likeness (QED) is 0.525. The van der Waals surface area contributed by atoms with Crippen molar-refractivity contribution in [3.8, 4) is 17.4 Å². The van der Waals surface area contributed by atoms with Gasteiger partial charge < -0.3 is 29.3 Å². The molecule has 0 unspecified atom stereocenters. The van der Waals surface area contributed by atoms with Crippen LogP contribution in [-0.2, 0) is 6.61 Å². The van der Waals surface area contributed by atoms with Gasteiger partial charge in [-0.3, -0.25) is 4.68 Å². The first-order chi connectivity index (χ1) is 17.1. The van der Waals surface area contributed by atoms with Crippen molar-refractivity contribution in [2.24, 2.45) is 0 Å². The predicted molar refractivity (Wildman–Crippen MR) is 135 cm³/mol. The Balaban J connectivity index is 1.29. The molecule has 0 radical (unpaired) electrons. The molecule has 0 atom stereocenters. The molecule has 0 aliphatic carbocycles. The standard InChI is InChI=1S/C26H32N6O3/c1-19-12-24(33-2)25(35-17-20-4-5-26(34-3)28-14-20)13-23(19)31-11-10-30(18-31)22-15-29-32(16-22)21-6-8-27-9-7-21/h4-5,10-16,21,27H,6-9,17-18H2,1-3H3. The van der Waals surface area contributed by atoms with Crippen molar-refractivity contribution in [3.63, 3.8) is 0 Å². The summed E-state index contributed by atoms with van der Waals surface area (Å²) in [6.07, 6.45) is 12.3. The van der Waals surface area contributed by atoms with E-state index in [0.29, 0.717) is 36.7 Å². The number of hydrogen-bond acceptors (Lipinski definition) is 8. The molecule has 1 saturated heterocycles. The average Bonchev–Trinajstić information content (AvgIpc) is 3.59. The van der Waals surface area contributed by atoms with Gasteiger partial charge in [0.1, 0.15) is 6.61 Å². The van der Waals surface area contributed by atoms with Crippen molar-refractivity contribution in [2.45, 2.75) is 32.4 Å². The summed E-state index contributed by atoms with van der Waals surface area (Å²) in [7, 11) is 3.26. The number of nitrogens with one attached hydrogen (secondary N) is 1. The third-order valence-corrected chi connectivity index (χ3v) is 6.53. The summed E-state index contributed by atoms with van der Waals surface area (Å²) in [5.41, 5.74) is 4.22. The fraction of sp³-hybridized carbons (Fsp3) is 0.385. The van der Waals surface area contributed by atoms with Gasteiger partial charge in [-0.15, -0.1) is 0 Å². The molecule has 3 aromatic rings. The second kappa shape index (κ2) is 10.3. The van der Waals surface area contributed by atoms with E-state index in [9.17, 15) is 0 Å². The van der Waals surface area contributed by atoms with Gasteiger partial charge in [0.2, 0.25) is 5.88 Å². The van der Waals surface area contributed by atoms with E-state index in [1.807, 2.05) is 30.5 Å². The van der Waals surface area contributed by atoms with Crippen molar-refractivity contribution >= 4 is 11.4 Å². The van der Waals surface area contributed by atoms with E-state index in [2.05, 4.69) is 55.4 Å². The van der Waals surface area contributed by atoms with Crippen molar-refractivity contribution in [2.75, 3.05) is 43.8 Å². The normalized spacial score (nSPS) is 16.1. The fourth-order valence-corrected chi connectivity index (χ4v) is 4.50. The molecular formula is C26H32N6O3. The van der Waals surface area contributed by atoms with Crippen LogP contribution in [0.1, 0.15) is 30.0 Å². The van der Waals surface area contributed by atoms with E-state index in [-0.39, 0.29) is 0 Å². The van der Waals surface area contributed by atoms with E-state index in [1.54, 1.807) is 20.4 Å². The van der Waals surface area contributed by atoms with E-state index in [0.717, 1.165) is 48.4 Å². The van der Waals surface area contributed by atoms with Crippen molar-refractivity contribution < 1.29 is 14.2 Å². The topological polar surface area (TPSA) is 76.9 Å². The highest BCUT2D eigenvalue weighted by Crippen LogP contribution is 2.37. The molecule has 1 N–H and O–H groups in total. The highest BCUT2D eigenvalue weighted by Gasteiger charge is 2.22. The van der Waals surface area contributed by atoms with Gasteiger partial charge in [0.25, 0.3) is 0 Å². The van der Waals surface area contributed by atoms with Crippen LogP contribution in [0.3, 0.4) is 0 Å². The highest BCUT2D eigenvalue weighted by molar-refractivity contribution is 5.66. The Hall–Kier alpha value is -3.72. The van der Waals surface area contributed by atoms with Crippen LogP contribution in [0, 0.1) is 6.92 Å². The van der Waals surface area contributed by atoms with Crippen LogP contribution in [-0.4, -0.2) is 48.7 Å². The van der Waals surface area contributed by atoms with Gasteiger partial charge in [-0.2, -0.15) is 5.10 Å². The lowest BCUT2D eigenvalue weighted by Crippen LogP contribution is -2.29. The molecule has 1 fully saturated rings. The van der Waals surface area contributed by atoms with Crippen LogP contribution in [0.15, 0.2) is 55.3 Å². The Labute approximate surface area is 205 Å². The summed E-state index contributed by atoms with van der Waals surface area (Å²) in [5.74, 6) is 1.97. The van der Waals surface area contributed by atoms with Gasteiger partial charge in [-0.1, -0.05) is 0 Å². The second-order valence-electron chi connectivity index (χ2n) is 8.83. The zero-order valence-electron chi connectivity index (χ0n) is 20.5. The molecule has 2 aliphatic heterocycles. The number of methoxy groups -OCH3 is 2. The Bertz CT molecular complexity index is 1170. The van der Waals surface area contributed by atoms with E-state index >= 15 is 0 Å². The number of pyridine rings is 1. The summed E-state index contributed by atoms with van der Waals surface area (Å²) < 4.78 is 19.0. The van der Waals surface area contributed by atoms with E-state index in [1.165, 1.54) is 0 Å². The molecule has 2 aliphatic rings. The summed E-state index contributed by atoms with van der Waals surface area (Å²) in [6.45, 7) is 5.27. The maximum atomic E-state index is 6.14. The maximum Gasteiger partial charge on any atom is 0.212 e. The molecule has 0 spiro atoms. The molecule has 35 heavy (non-hydrogen) atoms. The zero-order chi connectivity index (χ0) is 24.2. The summed E-state index contributed by atoms with van der Waals surface area (Å²) in [5, 5.41) is 8.06. The number of piperidine rings is 1. The van der Waals surface area contributed by atoms with Crippen LogP contribution >= 0.6 is 0 Å². The molecule has 0 bridgehead atoms. The lowest BCUT2D eigenvalue weighted by atomic mass is 10.1.